The zero-order valence-corrected chi connectivity index (χ0v) is 11.0. The average molecular weight is 244 g/mol. The van der Waals surface area contributed by atoms with Crippen molar-refractivity contribution in [3.63, 3.8) is 0 Å². The zero-order valence-electron chi connectivity index (χ0n) is 10.2. The molecule has 1 N–H and O–H groups in total. The predicted octanol–water partition coefficient (Wildman–Crippen LogP) is 4.39. The van der Waals surface area contributed by atoms with Crippen LogP contribution in [-0.4, -0.2) is 5.11 Å². The Hall–Kier alpha value is -1.59. The Morgan fingerprint density at radius 1 is 1.53 bits per heavy atom. The number of phenolic OH excluding ortho intramolecular Hbond substituents is 1. The van der Waals surface area contributed by atoms with E-state index in [0.29, 0.717) is 5.56 Å². The summed E-state index contributed by atoms with van der Waals surface area (Å²) in [7, 11) is 0. The molecule has 0 aromatic heterocycles. The molecule has 0 fully saturated rings. The molecule has 0 aliphatic carbocycles. The van der Waals surface area contributed by atoms with Crippen molar-refractivity contribution >= 4 is 16.7 Å². The molecule has 88 valence electrons. The van der Waals surface area contributed by atoms with Crippen LogP contribution in [0, 0.1) is 12.3 Å². The quantitative estimate of drug-likeness (QED) is 0.793. The standard InChI is InChI=1S/C15H16OS/c1-5-12-8-13(10-14(16)9-12)11(4)17-15(6-2)7-3/h1,6,8-10,16H,4,7H2,2-3H3/b15-6-. The lowest BCUT2D eigenvalue weighted by atomic mass is 10.1. The Morgan fingerprint density at radius 2 is 2.24 bits per heavy atom. The first-order valence-electron chi connectivity index (χ1n) is 5.43. The van der Waals surface area contributed by atoms with Gasteiger partial charge >= 0.3 is 0 Å². The third-order valence-electron chi connectivity index (χ3n) is 2.33. The predicted molar refractivity (Wildman–Crippen MR) is 76.7 cm³/mol. The highest BCUT2D eigenvalue weighted by Crippen LogP contribution is 2.35. The van der Waals surface area contributed by atoms with Gasteiger partial charge in [0.2, 0.25) is 0 Å². The molecule has 0 radical (unpaired) electrons. The van der Waals surface area contributed by atoms with E-state index in [9.17, 15) is 5.11 Å². The molecule has 1 aromatic rings. The monoisotopic (exact) mass is 244 g/mol. The van der Waals surface area contributed by atoms with Crippen LogP contribution in [0.3, 0.4) is 0 Å². The fourth-order valence-corrected chi connectivity index (χ4v) is 2.22. The molecule has 0 spiro atoms. The highest BCUT2D eigenvalue weighted by molar-refractivity contribution is 8.11. The number of benzene rings is 1. The zero-order chi connectivity index (χ0) is 12.8. The minimum Gasteiger partial charge on any atom is -0.508 e. The summed E-state index contributed by atoms with van der Waals surface area (Å²) in [5, 5.41) is 9.56. The van der Waals surface area contributed by atoms with Gasteiger partial charge in [-0.1, -0.05) is 37.3 Å². The summed E-state index contributed by atoms with van der Waals surface area (Å²) >= 11 is 1.61. The van der Waals surface area contributed by atoms with Crippen LogP contribution in [0.5, 0.6) is 5.75 Å². The molecule has 0 saturated carbocycles. The van der Waals surface area contributed by atoms with E-state index in [1.54, 1.807) is 23.9 Å². The summed E-state index contributed by atoms with van der Waals surface area (Å²) in [6, 6.07) is 5.11. The van der Waals surface area contributed by atoms with Gasteiger partial charge in [-0.05, 0) is 42.0 Å². The topological polar surface area (TPSA) is 20.2 Å². The molecule has 17 heavy (non-hydrogen) atoms. The molecule has 2 heteroatoms. The van der Waals surface area contributed by atoms with Gasteiger partial charge in [0.25, 0.3) is 0 Å². The molecule has 0 atom stereocenters. The maximum Gasteiger partial charge on any atom is 0.117 e. The van der Waals surface area contributed by atoms with Gasteiger partial charge in [-0.25, -0.2) is 0 Å². The molecule has 1 rings (SSSR count). The van der Waals surface area contributed by atoms with E-state index in [4.69, 9.17) is 6.42 Å². The van der Waals surface area contributed by atoms with E-state index >= 15 is 0 Å². The van der Waals surface area contributed by atoms with Crippen molar-refractivity contribution in [3.05, 3.63) is 46.9 Å². The van der Waals surface area contributed by atoms with Gasteiger partial charge in [0.05, 0.1) is 0 Å². The van der Waals surface area contributed by atoms with Gasteiger partial charge in [-0.2, -0.15) is 0 Å². The first-order valence-corrected chi connectivity index (χ1v) is 6.25. The summed E-state index contributed by atoms with van der Waals surface area (Å²) in [5.41, 5.74) is 1.54. The second kappa shape index (κ2) is 6.22. The number of terminal acetylenes is 1. The number of aromatic hydroxyl groups is 1. The van der Waals surface area contributed by atoms with Crippen LogP contribution in [0.2, 0.25) is 0 Å². The summed E-state index contributed by atoms with van der Waals surface area (Å²) in [5.74, 6) is 2.70. The molecule has 0 amide bonds. The summed E-state index contributed by atoms with van der Waals surface area (Å²) in [4.78, 5) is 2.15. The smallest absolute Gasteiger partial charge is 0.117 e. The number of hydrogen-bond acceptors (Lipinski definition) is 2. The number of hydrogen-bond donors (Lipinski definition) is 1. The van der Waals surface area contributed by atoms with E-state index < -0.39 is 0 Å². The summed E-state index contributed by atoms with van der Waals surface area (Å²) < 4.78 is 0. The Labute approximate surface area is 107 Å². The minimum absolute atomic E-state index is 0.177. The molecule has 0 aliphatic heterocycles. The molecule has 1 nitrogen and oxygen atoms in total. The number of phenols is 1. The maximum absolute atomic E-state index is 9.56. The molecule has 0 unspecified atom stereocenters. The van der Waals surface area contributed by atoms with Gasteiger partial charge in [-0.3, -0.25) is 0 Å². The third-order valence-corrected chi connectivity index (χ3v) is 3.60. The fraction of sp³-hybridized carbons (Fsp3) is 0.200. The molecular formula is C15H16OS. The van der Waals surface area contributed by atoms with Crippen molar-refractivity contribution in [2.45, 2.75) is 20.3 Å². The van der Waals surface area contributed by atoms with Crippen molar-refractivity contribution in [2.24, 2.45) is 0 Å². The summed E-state index contributed by atoms with van der Waals surface area (Å²) in [6.07, 6.45) is 8.38. The second-order valence-electron chi connectivity index (χ2n) is 3.55. The Kier molecular flexibility index (Phi) is 4.93. The molecule has 0 bridgehead atoms. The molecule has 0 heterocycles. The number of rotatable bonds is 4. The number of allylic oxidation sites excluding steroid dienone is 2. The third kappa shape index (κ3) is 3.72. The van der Waals surface area contributed by atoms with Crippen LogP contribution in [0.4, 0.5) is 0 Å². The minimum atomic E-state index is 0.177. The van der Waals surface area contributed by atoms with Crippen LogP contribution in [0.15, 0.2) is 35.8 Å². The second-order valence-corrected chi connectivity index (χ2v) is 4.77. The van der Waals surface area contributed by atoms with E-state index in [1.165, 1.54) is 4.91 Å². The van der Waals surface area contributed by atoms with E-state index in [1.807, 2.05) is 13.0 Å². The van der Waals surface area contributed by atoms with Gasteiger partial charge < -0.3 is 5.11 Å². The molecule has 1 aromatic carbocycles. The number of thioether (sulfide) groups is 1. The average Bonchev–Trinajstić information content (AvgIpc) is 2.34. The van der Waals surface area contributed by atoms with Crippen molar-refractivity contribution in [1.82, 2.24) is 0 Å². The van der Waals surface area contributed by atoms with Crippen LogP contribution in [0.25, 0.3) is 4.91 Å². The van der Waals surface area contributed by atoms with Crippen LogP contribution < -0.4 is 0 Å². The fourth-order valence-electron chi connectivity index (χ4n) is 1.41. The maximum atomic E-state index is 9.56. The van der Waals surface area contributed by atoms with Gasteiger partial charge in [0, 0.05) is 10.5 Å². The van der Waals surface area contributed by atoms with Crippen molar-refractivity contribution in [1.29, 1.82) is 0 Å². The highest BCUT2D eigenvalue weighted by Gasteiger charge is 2.05. The van der Waals surface area contributed by atoms with Crippen LogP contribution in [0.1, 0.15) is 31.4 Å². The first kappa shape index (κ1) is 13.5. The van der Waals surface area contributed by atoms with E-state index in [-0.39, 0.29) is 5.75 Å². The van der Waals surface area contributed by atoms with Crippen molar-refractivity contribution in [3.8, 4) is 18.1 Å². The lowest BCUT2D eigenvalue weighted by Crippen LogP contribution is -1.83. The first-order chi connectivity index (χ1) is 8.10. The Morgan fingerprint density at radius 3 is 2.76 bits per heavy atom. The van der Waals surface area contributed by atoms with Gasteiger partial charge in [0.15, 0.2) is 0 Å². The van der Waals surface area contributed by atoms with Gasteiger partial charge in [0.1, 0.15) is 5.75 Å². The largest absolute Gasteiger partial charge is 0.508 e. The van der Waals surface area contributed by atoms with Gasteiger partial charge in [-0.15, -0.1) is 6.42 Å². The van der Waals surface area contributed by atoms with Crippen LogP contribution in [-0.2, 0) is 0 Å². The molecule has 0 aliphatic rings. The SMILES string of the molecule is C#Cc1cc(O)cc(C(=C)S/C(=C\C)CC)c1. The van der Waals surface area contributed by atoms with E-state index in [0.717, 1.165) is 16.9 Å². The highest BCUT2D eigenvalue weighted by atomic mass is 32.2. The normalized spacial score (nSPS) is 11.0. The van der Waals surface area contributed by atoms with Crippen molar-refractivity contribution in [2.75, 3.05) is 0 Å². The summed E-state index contributed by atoms with van der Waals surface area (Å²) in [6.45, 7) is 8.13. The lowest BCUT2D eigenvalue weighted by molar-refractivity contribution is 0.475. The Bertz CT molecular complexity index is 492. The van der Waals surface area contributed by atoms with Crippen LogP contribution >= 0.6 is 11.8 Å². The lowest BCUT2D eigenvalue weighted by Gasteiger charge is -2.08. The molecular weight excluding hydrogens is 228 g/mol. The van der Waals surface area contributed by atoms with E-state index in [2.05, 4.69) is 25.5 Å². The Balaban J connectivity index is 2.97. The molecule has 0 saturated heterocycles. The van der Waals surface area contributed by atoms with Crippen molar-refractivity contribution < 1.29 is 5.11 Å².